The van der Waals surface area contributed by atoms with Gasteiger partial charge in [-0.05, 0) is 35.7 Å². The molecule has 1 aromatic heterocycles. The average Bonchev–Trinajstić information content (AvgIpc) is 3.13. The van der Waals surface area contributed by atoms with Gasteiger partial charge < -0.3 is 19.7 Å². The number of aromatic nitrogens is 1. The zero-order chi connectivity index (χ0) is 20.2. The highest BCUT2D eigenvalue weighted by atomic mass is 35.5. The standard InChI is InChI=1S/C21H22ClN3O4/c22-17-11-19-18(28-7-8-29-19)9-15(17)10-21(27)25(12-14-3-5-23-6-4-14)13-16-1-2-20(26)24-16/h3-6,9,11,16H,1-2,7-8,10,12-13H2,(H,24,26)/t16-/m0/s1. The molecule has 1 atom stereocenters. The number of rotatable bonds is 6. The predicted octanol–water partition coefficient (Wildman–Crippen LogP) is 2.36. The molecule has 0 radical (unpaired) electrons. The van der Waals surface area contributed by atoms with E-state index in [0.717, 1.165) is 12.0 Å². The molecule has 3 heterocycles. The van der Waals surface area contributed by atoms with E-state index in [-0.39, 0.29) is 24.3 Å². The van der Waals surface area contributed by atoms with Crippen LogP contribution in [0.3, 0.4) is 0 Å². The third-order valence-corrected chi connectivity index (χ3v) is 5.41. The third kappa shape index (κ3) is 4.79. The van der Waals surface area contributed by atoms with Crippen molar-refractivity contribution >= 4 is 23.4 Å². The number of fused-ring (bicyclic) bond motifs is 1. The number of benzene rings is 1. The van der Waals surface area contributed by atoms with Gasteiger partial charge >= 0.3 is 0 Å². The van der Waals surface area contributed by atoms with Crippen molar-refractivity contribution in [2.45, 2.75) is 31.8 Å². The molecular weight excluding hydrogens is 394 g/mol. The molecule has 29 heavy (non-hydrogen) atoms. The molecule has 1 N–H and O–H groups in total. The fourth-order valence-electron chi connectivity index (χ4n) is 3.56. The lowest BCUT2D eigenvalue weighted by molar-refractivity contribution is -0.131. The lowest BCUT2D eigenvalue weighted by Gasteiger charge is -2.26. The Balaban J connectivity index is 1.51. The van der Waals surface area contributed by atoms with Crippen LogP contribution in [0.1, 0.15) is 24.0 Å². The summed E-state index contributed by atoms with van der Waals surface area (Å²) in [4.78, 5) is 30.5. The van der Waals surface area contributed by atoms with Gasteiger partial charge in [-0.3, -0.25) is 14.6 Å². The van der Waals surface area contributed by atoms with Crippen molar-refractivity contribution in [3.05, 3.63) is 52.8 Å². The zero-order valence-electron chi connectivity index (χ0n) is 15.9. The second kappa shape index (κ2) is 8.69. The fraction of sp³-hybridized carbons (Fsp3) is 0.381. The van der Waals surface area contributed by atoms with Gasteiger partial charge in [0.05, 0.1) is 6.42 Å². The number of nitrogens with zero attached hydrogens (tertiary/aromatic N) is 2. The lowest BCUT2D eigenvalue weighted by Crippen LogP contribution is -2.42. The number of halogens is 1. The molecule has 0 aliphatic carbocycles. The molecule has 1 aromatic carbocycles. The van der Waals surface area contributed by atoms with Crippen molar-refractivity contribution in [2.24, 2.45) is 0 Å². The van der Waals surface area contributed by atoms with Crippen LogP contribution >= 0.6 is 11.6 Å². The van der Waals surface area contributed by atoms with E-state index in [0.29, 0.717) is 54.8 Å². The number of pyridine rings is 1. The number of hydrogen-bond donors (Lipinski definition) is 1. The molecule has 8 heteroatoms. The molecule has 2 aliphatic heterocycles. The summed E-state index contributed by atoms with van der Waals surface area (Å²) in [5.41, 5.74) is 1.67. The summed E-state index contributed by atoms with van der Waals surface area (Å²) in [6.45, 7) is 1.84. The molecule has 0 unspecified atom stereocenters. The number of carbonyl (C=O) groups excluding carboxylic acids is 2. The number of nitrogens with one attached hydrogen (secondary N) is 1. The summed E-state index contributed by atoms with van der Waals surface area (Å²) in [5.74, 6) is 1.16. The summed E-state index contributed by atoms with van der Waals surface area (Å²) < 4.78 is 11.2. The van der Waals surface area contributed by atoms with Crippen LogP contribution < -0.4 is 14.8 Å². The predicted molar refractivity (Wildman–Crippen MR) is 107 cm³/mol. The Bertz CT molecular complexity index is 906. The Labute approximate surface area is 174 Å². The Kier molecular flexibility index (Phi) is 5.85. The van der Waals surface area contributed by atoms with Gasteiger partial charge in [-0.15, -0.1) is 0 Å². The van der Waals surface area contributed by atoms with Gasteiger partial charge in [0.15, 0.2) is 11.5 Å². The van der Waals surface area contributed by atoms with Gasteiger partial charge in [0.1, 0.15) is 13.2 Å². The smallest absolute Gasteiger partial charge is 0.227 e. The van der Waals surface area contributed by atoms with Crippen LogP contribution in [-0.4, -0.2) is 47.5 Å². The van der Waals surface area contributed by atoms with Crippen LogP contribution in [0, 0.1) is 0 Å². The Hall–Kier alpha value is -2.80. The SMILES string of the molecule is O=C1CC[C@@H](CN(Cc2ccncc2)C(=O)Cc2cc3c(cc2Cl)OCCO3)N1. The highest BCUT2D eigenvalue weighted by Gasteiger charge is 2.26. The van der Waals surface area contributed by atoms with E-state index < -0.39 is 0 Å². The lowest BCUT2D eigenvalue weighted by atomic mass is 10.1. The topological polar surface area (TPSA) is 80.8 Å². The van der Waals surface area contributed by atoms with Gasteiger partial charge in [0, 0.05) is 49.0 Å². The van der Waals surface area contributed by atoms with Crippen molar-refractivity contribution in [2.75, 3.05) is 19.8 Å². The Morgan fingerprint density at radius 2 is 1.93 bits per heavy atom. The van der Waals surface area contributed by atoms with Crippen molar-refractivity contribution in [1.82, 2.24) is 15.2 Å². The summed E-state index contributed by atoms with van der Waals surface area (Å²) in [5, 5.41) is 3.41. The number of amides is 2. The fourth-order valence-corrected chi connectivity index (χ4v) is 3.78. The number of ether oxygens (including phenoxy) is 2. The summed E-state index contributed by atoms with van der Waals surface area (Å²) in [7, 11) is 0. The summed E-state index contributed by atoms with van der Waals surface area (Å²) in [6.07, 6.45) is 4.76. The van der Waals surface area contributed by atoms with Crippen LogP contribution in [-0.2, 0) is 22.6 Å². The maximum atomic E-state index is 13.2. The van der Waals surface area contributed by atoms with E-state index in [1.165, 1.54) is 0 Å². The first-order chi connectivity index (χ1) is 14.1. The third-order valence-electron chi connectivity index (χ3n) is 5.05. The number of carbonyl (C=O) groups is 2. The van der Waals surface area contributed by atoms with Crippen LogP contribution in [0.5, 0.6) is 11.5 Å². The summed E-state index contributed by atoms with van der Waals surface area (Å²) >= 11 is 6.39. The molecule has 0 saturated carbocycles. The van der Waals surface area contributed by atoms with Gasteiger partial charge in [0.2, 0.25) is 11.8 Å². The highest BCUT2D eigenvalue weighted by molar-refractivity contribution is 6.31. The Morgan fingerprint density at radius 1 is 1.21 bits per heavy atom. The van der Waals surface area contributed by atoms with E-state index in [2.05, 4.69) is 10.3 Å². The van der Waals surface area contributed by atoms with Crippen molar-refractivity contribution < 1.29 is 19.1 Å². The van der Waals surface area contributed by atoms with Crippen molar-refractivity contribution in [3.63, 3.8) is 0 Å². The van der Waals surface area contributed by atoms with Gasteiger partial charge in [-0.2, -0.15) is 0 Å². The second-order valence-corrected chi connectivity index (χ2v) is 7.60. The number of hydrogen-bond acceptors (Lipinski definition) is 5. The van der Waals surface area contributed by atoms with E-state index in [9.17, 15) is 9.59 Å². The molecular formula is C21H22ClN3O4. The highest BCUT2D eigenvalue weighted by Crippen LogP contribution is 2.35. The molecule has 2 aliphatic rings. The van der Waals surface area contributed by atoms with Crippen molar-refractivity contribution in [1.29, 1.82) is 0 Å². The van der Waals surface area contributed by atoms with E-state index in [4.69, 9.17) is 21.1 Å². The van der Waals surface area contributed by atoms with E-state index in [1.54, 1.807) is 29.4 Å². The Morgan fingerprint density at radius 3 is 2.62 bits per heavy atom. The first kappa shape index (κ1) is 19.5. The average molecular weight is 416 g/mol. The van der Waals surface area contributed by atoms with Crippen LogP contribution in [0.15, 0.2) is 36.7 Å². The maximum absolute atomic E-state index is 13.2. The molecule has 152 valence electrons. The first-order valence-electron chi connectivity index (χ1n) is 9.62. The van der Waals surface area contributed by atoms with Gasteiger partial charge in [-0.25, -0.2) is 0 Å². The van der Waals surface area contributed by atoms with Crippen LogP contribution in [0.2, 0.25) is 5.02 Å². The quantitative estimate of drug-likeness (QED) is 0.783. The molecule has 0 spiro atoms. The minimum atomic E-state index is -0.0680. The molecule has 0 bridgehead atoms. The second-order valence-electron chi connectivity index (χ2n) is 7.20. The van der Waals surface area contributed by atoms with Gasteiger partial charge in [-0.1, -0.05) is 11.6 Å². The van der Waals surface area contributed by atoms with Crippen LogP contribution in [0.25, 0.3) is 0 Å². The molecule has 2 aromatic rings. The first-order valence-corrected chi connectivity index (χ1v) is 10.0. The molecule has 1 saturated heterocycles. The maximum Gasteiger partial charge on any atom is 0.227 e. The van der Waals surface area contributed by atoms with Crippen molar-refractivity contribution in [3.8, 4) is 11.5 Å². The molecule has 7 nitrogen and oxygen atoms in total. The normalized spacial score (nSPS) is 17.7. The molecule has 4 rings (SSSR count). The molecule has 2 amide bonds. The monoisotopic (exact) mass is 415 g/mol. The van der Waals surface area contributed by atoms with E-state index in [1.807, 2.05) is 12.1 Å². The molecule has 1 fully saturated rings. The van der Waals surface area contributed by atoms with Gasteiger partial charge in [0.25, 0.3) is 0 Å². The van der Waals surface area contributed by atoms with Crippen LogP contribution in [0.4, 0.5) is 0 Å². The summed E-state index contributed by atoms with van der Waals surface area (Å²) in [6, 6.07) is 7.19. The van der Waals surface area contributed by atoms with E-state index >= 15 is 0 Å². The largest absolute Gasteiger partial charge is 0.486 e. The minimum Gasteiger partial charge on any atom is -0.486 e. The zero-order valence-corrected chi connectivity index (χ0v) is 16.7. The minimum absolute atomic E-state index is 0.0289.